The number of nitrogen functional groups attached to an aromatic ring is 1. The molecule has 0 aliphatic rings. The highest BCUT2D eigenvalue weighted by molar-refractivity contribution is 5.80. The Kier molecular flexibility index (Phi) is 6.49. The van der Waals surface area contributed by atoms with Crippen LogP contribution in [0, 0.1) is 0 Å². The van der Waals surface area contributed by atoms with E-state index in [1.165, 1.54) is 6.07 Å². The first-order valence-corrected chi connectivity index (χ1v) is 10.2. The van der Waals surface area contributed by atoms with Gasteiger partial charge in [0.2, 0.25) is 11.8 Å². The molecule has 3 aromatic carbocycles. The molecule has 2 N–H and O–H groups in total. The van der Waals surface area contributed by atoms with Crippen molar-refractivity contribution in [3.8, 4) is 22.9 Å². The second kappa shape index (κ2) is 9.65. The van der Waals surface area contributed by atoms with Crippen LogP contribution in [0.5, 0.6) is 11.8 Å². The molecule has 0 spiro atoms. The third-order valence-electron chi connectivity index (χ3n) is 4.95. The van der Waals surface area contributed by atoms with E-state index < -0.39 is 11.7 Å². The molecule has 1 heterocycles. The highest BCUT2D eigenvalue weighted by Crippen LogP contribution is 2.38. The Morgan fingerprint density at radius 3 is 1.85 bits per heavy atom. The minimum Gasteiger partial charge on any atom is -0.473 e. The Bertz CT molecular complexity index is 1210. The van der Waals surface area contributed by atoms with Gasteiger partial charge < -0.3 is 15.2 Å². The summed E-state index contributed by atoms with van der Waals surface area (Å²) in [4.78, 5) is 4.47. The highest BCUT2D eigenvalue weighted by Gasteiger charge is 2.31. The number of nitrogens with two attached hydrogens (primary N) is 1. The number of pyridine rings is 1. The maximum Gasteiger partial charge on any atom is 0.416 e. The number of aromatic nitrogens is 1. The summed E-state index contributed by atoms with van der Waals surface area (Å²) in [6.45, 7) is 0.539. The zero-order valence-corrected chi connectivity index (χ0v) is 17.5. The van der Waals surface area contributed by atoms with E-state index in [-0.39, 0.29) is 18.2 Å². The predicted octanol–water partition coefficient (Wildman–Crippen LogP) is 6.51. The van der Waals surface area contributed by atoms with Gasteiger partial charge >= 0.3 is 6.18 Å². The molecule has 0 fully saturated rings. The fourth-order valence-electron chi connectivity index (χ4n) is 3.26. The van der Waals surface area contributed by atoms with Crippen LogP contribution in [0.3, 0.4) is 0 Å². The molecular weight excluding hydrogens is 429 g/mol. The number of benzene rings is 3. The Morgan fingerprint density at radius 2 is 1.27 bits per heavy atom. The number of alkyl halides is 3. The van der Waals surface area contributed by atoms with Gasteiger partial charge in [-0.05, 0) is 29.3 Å². The third-order valence-corrected chi connectivity index (χ3v) is 4.95. The quantitative estimate of drug-likeness (QED) is 0.326. The number of rotatable bonds is 7. The molecule has 0 unspecified atom stereocenters. The zero-order chi connectivity index (χ0) is 23.3. The highest BCUT2D eigenvalue weighted by atomic mass is 19.4. The molecule has 0 aliphatic carbocycles. The van der Waals surface area contributed by atoms with E-state index in [0.717, 1.165) is 23.3 Å². The van der Waals surface area contributed by atoms with Gasteiger partial charge in [0.1, 0.15) is 13.2 Å². The molecule has 4 rings (SSSR count). The Labute approximate surface area is 189 Å². The van der Waals surface area contributed by atoms with Crippen LogP contribution in [0.25, 0.3) is 11.1 Å². The summed E-state index contributed by atoms with van der Waals surface area (Å²) < 4.78 is 50.9. The van der Waals surface area contributed by atoms with Crippen LogP contribution in [0.2, 0.25) is 0 Å². The number of nitrogens with zero attached hydrogens (tertiary/aromatic N) is 1. The zero-order valence-electron chi connectivity index (χ0n) is 17.5. The molecule has 0 saturated heterocycles. The summed E-state index contributed by atoms with van der Waals surface area (Å²) in [5, 5.41) is 0. The molecule has 7 heteroatoms. The van der Waals surface area contributed by atoms with Crippen molar-refractivity contribution in [1.29, 1.82) is 0 Å². The first kappa shape index (κ1) is 22.2. The van der Waals surface area contributed by atoms with E-state index in [2.05, 4.69) is 4.98 Å². The van der Waals surface area contributed by atoms with Gasteiger partial charge in [-0.15, -0.1) is 0 Å². The van der Waals surface area contributed by atoms with Gasteiger partial charge in [0.25, 0.3) is 0 Å². The second-order valence-electron chi connectivity index (χ2n) is 7.35. The predicted molar refractivity (Wildman–Crippen MR) is 121 cm³/mol. The number of hydrogen-bond acceptors (Lipinski definition) is 4. The number of halogens is 3. The molecule has 0 saturated carbocycles. The van der Waals surface area contributed by atoms with Crippen molar-refractivity contribution in [1.82, 2.24) is 4.98 Å². The Balaban J connectivity index is 1.64. The molecule has 4 aromatic rings. The van der Waals surface area contributed by atoms with E-state index in [0.29, 0.717) is 23.6 Å². The van der Waals surface area contributed by atoms with E-state index in [1.807, 2.05) is 60.7 Å². The maximum absolute atomic E-state index is 13.1. The minimum absolute atomic E-state index is 0.0193. The maximum atomic E-state index is 13.1. The standard InChI is InChI=1S/C26H21F3N2O2/c27-26(28,29)20-11-12-21(23(30)15-20)22-13-14-24(32-16-18-7-3-1-4-8-18)31-25(22)33-17-19-9-5-2-6-10-19/h1-15H,16-17,30H2. The summed E-state index contributed by atoms with van der Waals surface area (Å²) in [5.41, 5.74) is 7.92. The Hall–Kier alpha value is -4.00. The van der Waals surface area contributed by atoms with Crippen LogP contribution in [-0.2, 0) is 19.4 Å². The minimum atomic E-state index is -4.48. The average molecular weight is 450 g/mol. The van der Waals surface area contributed by atoms with Crippen molar-refractivity contribution in [2.24, 2.45) is 0 Å². The van der Waals surface area contributed by atoms with Gasteiger partial charge in [0.15, 0.2) is 0 Å². The van der Waals surface area contributed by atoms with Crippen molar-refractivity contribution in [2.45, 2.75) is 19.4 Å². The lowest BCUT2D eigenvalue weighted by Gasteiger charge is -2.15. The molecule has 4 nitrogen and oxygen atoms in total. The number of ether oxygens (including phenoxy) is 2. The lowest BCUT2D eigenvalue weighted by molar-refractivity contribution is -0.137. The summed E-state index contributed by atoms with van der Waals surface area (Å²) in [6.07, 6.45) is -4.48. The summed E-state index contributed by atoms with van der Waals surface area (Å²) in [6, 6.07) is 25.7. The van der Waals surface area contributed by atoms with Crippen molar-refractivity contribution >= 4 is 5.69 Å². The van der Waals surface area contributed by atoms with Gasteiger partial charge in [-0.25, -0.2) is 0 Å². The molecule has 0 amide bonds. The van der Waals surface area contributed by atoms with Crippen LogP contribution in [0.15, 0.2) is 91.0 Å². The van der Waals surface area contributed by atoms with Crippen LogP contribution < -0.4 is 15.2 Å². The lowest BCUT2D eigenvalue weighted by Crippen LogP contribution is -2.07. The SMILES string of the molecule is Nc1cc(C(F)(F)F)ccc1-c1ccc(OCc2ccccc2)nc1OCc1ccccc1. The second-order valence-corrected chi connectivity index (χ2v) is 7.35. The molecule has 0 atom stereocenters. The molecule has 0 radical (unpaired) electrons. The largest absolute Gasteiger partial charge is 0.473 e. The van der Waals surface area contributed by atoms with Gasteiger partial charge in [-0.3, -0.25) is 0 Å². The summed E-state index contributed by atoms with van der Waals surface area (Å²) in [5.74, 6) is 0.548. The smallest absolute Gasteiger partial charge is 0.416 e. The fraction of sp³-hybridized carbons (Fsp3) is 0.115. The van der Waals surface area contributed by atoms with Gasteiger partial charge in [-0.2, -0.15) is 18.2 Å². The van der Waals surface area contributed by atoms with Gasteiger partial charge in [0.05, 0.1) is 5.56 Å². The number of hydrogen-bond donors (Lipinski definition) is 1. The van der Waals surface area contributed by atoms with E-state index in [4.69, 9.17) is 15.2 Å². The van der Waals surface area contributed by atoms with E-state index in [9.17, 15) is 13.2 Å². The first-order valence-electron chi connectivity index (χ1n) is 10.2. The summed E-state index contributed by atoms with van der Waals surface area (Å²) in [7, 11) is 0. The van der Waals surface area contributed by atoms with Gasteiger partial charge in [-0.1, -0.05) is 66.7 Å². The lowest BCUT2D eigenvalue weighted by atomic mass is 10.0. The molecule has 0 aliphatic heterocycles. The number of anilines is 1. The van der Waals surface area contributed by atoms with Crippen LogP contribution >= 0.6 is 0 Å². The molecular formula is C26H21F3N2O2. The summed E-state index contributed by atoms with van der Waals surface area (Å²) >= 11 is 0. The Morgan fingerprint density at radius 1 is 0.697 bits per heavy atom. The molecule has 168 valence electrons. The monoisotopic (exact) mass is 450 g/mol. The topological polar surface area (TPSA) is 57.4 Å². The first-order chi connectivity index (χ1) is 15.9. The normalized spacial score (nSPS) is 11.2. The van der Waals surface area contributed by atoms with Crippen molar-refractivity contribution in [3.05, 3.63) is 108 Å². The van der Waals surface area contributed by atoms with Crippen LogP contribution in [0.1, 0.15) is 16.7 Å². The molecule has 1 aromatic heterocycles. The fourth-order valence-corrected chi connectivity index (χ4v) is 3.26. The molecule has 0 bridgehead atoms. The van der Waals surface area contributed by atoms with Crippen molar-refractivity contribution in [2.75, 3.05) is 5.73 Å². The van der Waals surface area contributed by atoms with E-state index >= 15 is 0 Å². The van der Waals surface area contributed by atoms with Gasteiger partial charge in [0, 0.05) is 22.9 Å². The van der Waals surface area contributed by atoms with Crippen LogP contribution in [0.4, 0.5) is 18.9 Å². The van der Waals surface area contributed by atoms with Crippen molar-refractivity contribution < 1.29 is 22.6 Å². The molecule has 33 heavy (non-hydrogen) atoms. The van der Waals surface area contributed by atoms with E-state index in [1.54, 1.807) is 12.1 Å². The third kappa shape index (κ3) is 5.63. The average Bonchev–Trinajstić information content (AvgIpc) is 2.82. The van der Waals surface area contributed by atoms with Crippen LogP contribution in [-0.4, -0.2) is 4.98 Å². The van der Waals surface area contributed by atoms with Crippen molar-refractivity contribution in [3.63, 3.8) is 0 Å².